The Labute approximate surface area is 175 Å². The molecule has 3 aromatic rings. The molecule has 0 radical (unpaired) electrons. The number of benzene rings is 2. The largest absolute Gasteiger partial charge is 0.496 e. The molecule has 0 aliphatic rings. The van der Waals surface area contributed by atoms with Gasteiger partial charge in [-0.1, -0.05) is 30.3 Å². The SMILES string of the molecule is COC(=O)CCCC(=O)Nc1cccc(-c2cccc(-c3ccccc3OC)n2)c1. The van der Waals surface area contributed by atoms with Gasteiger partial charge in [-0.15, -0.1) is 0 Å². The first-order valence-corrected chi connectivity index (χ1v) is 9.68. The van der Waals surface area contributed by atoms with Crippen LogP contribution in [0.1, 0.15) is 19.3 Å². The van der Waals surface area contributed by atoms with E-state index in [1.54, 1.807) is 7.11 Å². The number of pyridine rings is 1. The van der Waals surface area contributed by atoms with Crippen molar-refractivity contribution in [1.82, 2.24) is 4.98 Å². The number of ether oxygens (including phenoxy) is 2. The number of nitrogens with zero attached hydrogens (tertiary/aromatic N) is 1. The van der Waals surface area contributed by atoms with E-state index in [0.717, 1.165) is 28.3 Å². The lowest BCUT2D eigenvalue weighted by atomic mass is 10.1. The van der Waals surface area contributed by atoms with Crippen molar-refractivity contribution in [3.63, 3.8) is 0 Å². The minimum atomic E-state index is -0.314. The van der Waals surface area contributed by atoms with Crippen LogP contribution in [0.3, 0.4) is 0 Å². The van der Waals surface area contributed by atoms with Gasteiger partial charge in [0.05, 0.1) is 25.6 Å². The van der Waals surface area contributed by atoms with E-state index in [-0.39, 0.29) is 24.7 Å². The molecule has 0 unspecified atom stereocenters. The van der Waals surface area contributed by atoms with Crippen molar-refractivity contribution >= 4 is 17.6 Å². The van der Waals surface area contributed by atoms with Crippen molar-refractivity contribution in [2.24, 2.45) is 0 Å². The van der Waals surface area contributed by atoms with Gasteiger partial charge in [0.25, 0.3) is 0 Å². The summed E-state index contributed by atoms with van der Waals surface area (Å²) in [6.45, 7) is 0. The first-order chi connectivity index (χ1) is 14.6. The summed E-state index contributed by atoms with van der Waals surface area (Å²) in [6.07, 6.45) is 0.922. The highest BCUT2D eigenvalue weighted by atomic mass is 16.5. The van der Waals surface area contributed by atoms with Crippen LogP contribution >= 0.6 is 0 Å². The molecule has 0 fully saturated rings. The summed E-state index contributed by atoms with van der Waals surface area (Å²) in [5, 5.41) is 2.87. The van der Waals surface area contributed by atoms with Gasteiger partial charge in [-0.2, -0.15) is 0 Å². The number of hydrogen-bond acceptors (Lipinski definition) is 5. The third-order valence-corrected chi connectivity index (χ3v) is 4.59. The molecule has 0 bridgehead atoms. The standard InChI is InChI=1S/C24H24N2O4/c1-29-22-13-4-3-10-19(22)21-12-6-11-20(26-21)17-8-5-9-18(16-17)25-23(27)14-7-15-24(28)30-2/h3-6,8-13,16H,7,14-15H2,1-2H3,(H,25,27). The Balaban J connectivity index is 1.75. The first kappa shape index (κ1) is 21.0. The molecule has 6 nitrogen and oxygen atoms in total. The van der Waals surface area contributed by atoms with Crippen molar-refractivity contribution in [2.75, 3.05) is 19.5 Å². The van der Waals surface area contributed by atoms with Crippen LogP contribution in [0.25, 0.3) is 22.5 Å². The number of hydrogen-bond donors (Lipinski definition) is 1. The molecule has 0 aliphatic carbocycles. The number of nitrogens with one attached hydrogen (secondary N) is 1. The maximum Gasteiger partial charge on any atom is 0.305 e. The summed E-state index contributed by atoms with van der Waals surface area (Å²) < 4.78 is 10.0. The molecule has 6 heteroatoms. The van der Waals surface area contributed by atoms with Crippen molar-refractivity contribution < 1.29 is 19.1 Å². The fraction of sp³-hybridized carbons (Fsp3) is 0.208. The molecule has 1 aromatic heterocycles. The number of para-hydroxylation sites is 1. The van der Waals surface area contributed by atoms with E-state index in [1.165, 1.54) is 7.11 Å². The van der Waals surface area contributed by atoms with Gasteiger partial charge in [-0.25, -0.2) is 4.98 Å². The molecule has 0 atom stereocenters. The summed E-state index contributed by atoms with van der Waals surface area (Å²) in [4.78, 5) is 28.1. The maximum absolute atomic E-state index is 12.1. The van der Waals surface area contributed by atoms with Gasteiger partial charge >= 0.3 is 5.97 Å². The molecule has 1 heterocycles. The monoisotopic (exact) mass is 404 g/mol. The van der Waals surface area contributed by atoms with Crippen LogP contribution in [-0.4, -0.2) is 31.1 Å². The molecule has 154 valence electrons. The average Bonchev–Trinajstić information content (AvgIpc) is 2.79. The lowest BCUT2D eigenvalue weighted by Crippen LogP contribution is -2.12. The normalized spacial score (nSPS) is 10.3. The molecular formula is C24H24N2O4. The number of carbonyl (C=O) groups excluding carboxylic acids is 2. The quantitative estimate of drug-likeness (QED) is 0.551. The Kier molecular flexibility index (Phi) is 7.16. The van der Waals surface area contributed by atoms with Crippen LogP contribution < -0.4 is 10.1 Å². The number of aromatic nitrogens is 1. The van der Waals surface area contributed by atoms with Gasteiger partial charge in [0.1, 0.15) is 5.75 Å². The number of carbonyl (C=O) groups is 2. The lowest BCUT2D eigenvalue weighted by molar-refractivity contribution is -0.140. The van der Waals surface area contributed by atoms with E-state index in [0.29, 0.717) is 12.1 Å². The number of esters is 1. The van der Waals surface area contributed by atoms with Gasteiger partial charge in [0.2, 0.25) is 5.91 Å². The number of rotatable bonds is 8. The van der Waals surface area contributed by atoms with E-state index in [2.05, 4.69) is 10.1 Å². The molecule has 0 aliphatic heterocycles. The Morgan fingerprint density at radius 3 is 2.47 bits per heavy atom. The van der Waals surface area contributed by atoms with E-state index in [1.807, 2.05) is 66.7 Å². The van der Waals surface area contributed by atoms with E-state index in [4.69, 9.17) is 9.72 Å². The highest BCUT2D eigenvalue weighted by Crippen LogP contribution is 2.30. The average molecular weight is 404 g/mol. The second kappa shape index (κ2) is 10.2. The maximum atomic E-state index is 12.1. The molecule has 0 saturated carbocycles. The van der Waals surface area contributed by atoms with Gasteiger partial charge < -0.3 is 14.8 Å². The summed E-state index contributed by atoms with van der Waals surface area (Å²) in [5.74, 6) is 0.299. The number of anilines is 1. The molecule has 0 spiro atoms. The molecule has 1 N–H and O–H groups in total. The minimum Gasteiger partial charge on any atom is -0.496 e. The third kappa shape index (κ3) is 5.44. The zero-order valence-corrected chi connectivity index (χ0v) is 17.1. The highest BCUT2D eigenvalue weighted by Gasteiger charge is 2.10. The van der Waals surface area contributed by atoms with Crippen molar-refractivity contribution in [3.05, 3.63) is 66.7 Å². The van der Waals surface area contributed by atoms with Gasteiger partial charge in [-0.05, 0) is 42.8 Å². The first-order valence-electron chi connectivity index (χ1n) is 9.68. The second-order valence-corrected chi connectivity index (χ2v) is 6.67. The Hall–Kier alpha value is -3.67. The zero-order chi connectivity index (χ0) is 21.3. The Morgan fingerprint density at radius 2 is 1.67 bits per heavy atom. The summed E-state index contributed by atoms with van der Waals surface area (Å²) in [7, 11) is 2.98. The van der Waals surface area contributed by atoms with Crippen molar-refractivity contribution in [2.45, 2.75) is 19.3 Å². The summed E-state index contributed by atoms with van der Waals surface area (Å²) in [5.41, 5.74) is 4.08. The fourth-order valence-electron chi connectivity index (χ4n) is 3.08. The van der Waals surface area contributed by atoms with Crippen LogP contribution in [0, 0.1) is 0 Å². The predicted octanol–water partition coefficient (Wildman–Crippen LogP) is 4.71. The second-order valence-electron chi connectivity index (χ2n) is 6.67. The Bertz CT molecular complexity index is 1030. The Morgan fingerprint density at radius 1 is 0.900 bits per heavy atom. The van der Waals surface area contributed by atoms with E-state index in [9.17, 15) is 9.59 Å². The number of amides is 1. The van der Waals surface area contributed by atoms with Crippen LogP contribution in [0.4, 0.5) is 5.69 Å². The van der Waals surface area contributed by atoms with Gasteiger partial charge in [-0.3, -0.25) is 9.59 Å². The van der Waals surface area contributed by atoms with Gasteiger partial charge in [0.15, 0.2) is 0 Å². The minimum absolute atomic E-state index is 0.146. The smallest absolute Gasteiger partial charge is 0.305 e. The van der Waals surface area contributed by atoms with Crippen LogP contribution in [0.15, 0.2) is 66.7 Å². The summed E-state index contributed by atoms with van der Waals surface area (Å²) in [6, 6.07) is 21.1. The van der Waals surface area contributed by atoms with E-state index < -0.39 is 0 Å². The summed E-state index contributed by atoms with van der Waals surface area (Å²) >= 11 is 0. The lowest BCUT2D eigenvalue weighted by Gasteiger charge is -2.10. The molecule has 2 aromatic carbocycles. The van der Waals surface area contributed by atoms with Crippen LogP contribution in [-0.2, 0) is 14.3 Å². The topological polar surface area (TPSA) is 77.5 Å². The molecule has 0 saturated heterocycles. The predicted molar refractivity (Wildman–Crippen MR) is 116 cm³/mol. The zero-order valence-electron chi connectivity index (χ0n) is 17.1. The molecular weight excluding hydrogens is 380 g/mol. The van der Waals surface area contributed by atoms with E-state index >= 15 is 0 Å². The van der Waals surface area contributed by atoms with Crippen LogP contribution in [0.5, 0.6) is 5.75 Å². The molecule has 30 heavy (non-hydrogen) atoms. The molecule has 1 amide bonds. The molecule has 3 rings (SSSR count). The fourth-order valence-corrected chi connectivity index (χ4v) is 3.08. The van der Waals surface area contributed by atoms with Crippen molar-refractivity contribution in [1.29, 1.82) is 0 Å². The van der Waals surface area contributed by atoms with Gasteiger partial charge in [0, 0.05) is 29.7 Å². The third-order valence-electron chi connectivity index (χ3n) is 4.59. The number of methoxy groups -OCH3 is 2. The van der Waals surface area contributed by atoms with Crippen LogP contribution in [0.2, 0.25) is 0 Å². The highest BCUT2D eigenvalue weighted by molar-refractivity contribution is 5.91. The van der Waals surface area contributed by atoms with Crippen molar-refractivity contribution in [3.8, 4) is 28.3 Å².